The van der Waals surface area contributed by atoms with Gasteiger partial charge in [0.25, 0.3) is 5.91 Å². The molecule has 132 valence electrons. The zero-order valence-corrected chi connectivity index (χ0v) is 14.0. The van der Waals surface area contributed by atoms with E-state index in [0.29, 0.717) is 18.0 Å². The van der Waals surface area contributed by atoms with Crippen molar-refractivity contribution >= 4 is 17.8 Å². The Hall–Kier alpha value is -2.77. The SMILES string of the molecule is CCNC(=O)[C@@H](C)NC(=O)COC(=O)COc1ccc(OC)cc1. The summed E-state index contributed by atoms with van der Waals surface area (Å²) in [6.45, 7) is 2.98. The number of rotatable bonds is 9. The number of carbonyl (C=O) groups is 3. The van der Waals surface area contributed by atoms with Crippen LogP contribution in [-0.2, 0) is 19.1 Å². The van der Waals surface area contributed by atoms with E-state index in [9.17, 15) is 14.4 Å². The minimum Gasteiger partial charge on any atom is -0.497 e. The second-order valence-corrected chi connectivity index (χ2v) is 4.81. The summed E-state index contributed by atoms with van der Waals surface area (Å²) in [7, 11) is 1.55. The number of methoxy groups -OCH3 is 1. The van der Waals surface area contributed by atoms with Gasteiger partial charge in [-0.1, -0.05) is 0 Å². The van der Waals surface area contributed by atoms with Crippen LogP contribution >= 0.6 is 0 Å². The third-order valence-electron chi connectivity index (χ3n) is 2.90. The summed E-state index contributed by atoms with van der Waals surface area (Å²) < 4.78 is 15.0. The number of hydrogen-bond donors (Lipinski definition) is 2. The van der Waals surface area contributed by atoms with E-state index in [1.165, 1.54) is 6.92 Å². The van der Waals surface area contributed by atoms with Crippen molar-refractivity contribution in [2.75, 3.05) is 26.9 Å². The second-order valence-electron chi connectivity index (χ2n) is 4.81. The Morgan fingerprint density at radius 1 is 1.08 bits per heavy atom. The normalized spacial score (nSPS) is 11.1. The molecule has 0 aliphatic carbocycles. The summed E-state index contributed by atoms with van der Waals surface area (Å²) in [5, 5.41) is 5.00. The lowest BCUT2D eigenvalue weighted by molar-refractivity contribution is -0.150. The second kappa shape index (κ2) is 10.1. The van der Waals surface area contributed by atoms with Gasteiger partial charge in [0.05, 0.1) is 7.11 Å². The summed E-state index contributed by atoms with van der Waals surface area (Å²) >= 11 is 0. The molecule has 0 aliphatic heterocycles. The number of ether oxygens (including phenoxy) is 3. The van der Waals surface area contributed by atoms with Crippen molar-refractivity contribution in [2.45, 2.75) is 19.9 Å². The predicted molar refractivity (Wildman–Crippen MR) is 85.7 cm³/mol. The van der Waals surface area contributed by atoms with Crippen molar-refractivity contribution in [2.24, 2.45) is 0 Å². The molecule has 0 aliphatic rings. The highest BCUT2D eigenvalue weighted by Crippen LogP contribution is 2.16. The highest BCUT2D eigenvalue weighted by atomic mass is 16.6. The summed E-state index contributed by atoms with van der Waals surface area (Å²) in [5.41, 5.74) is 0. The van der Waals surface area contributed by atoms with Crippen LogP contribution in [0.25, 0.3) is 0 Å². The van der Waals surface area contributed by atoms with Crippen LogP contribution in [-0.4, -0.2) is 50.7 Å². The molecule has 0 spiro atoms. The molecule has 24 heavy (non-hydrogen) atoms. The molecule has 0 unspecified atom stereocenters. The number of amides is 2. The number of hydrogen-bond acceptors (Lipinski definition) is 6. The van der Waals surface area contributed by atoms with Gasteiger partial charge in [-0.2, -0.15) is 0 Å². The lowest BCUT2D eigenvalue weighted by Crippen LogP contribution is -2.46. The molecule has 1 atom stereocenters. The van der Waals surface area contributed by atoms with Crippen molar-refractivity contribution in [3.63, 3.8) is 0 Å². The molecule has 2 amide bonds. The first-order valence-electron chi connectivity index (χ1n) is 7.45. The van der Waals surface area contributed by atoms with Gasteiger partial charge in [0.15, 0.2) is 13.2 Å². The molecule has 8 heteroatoms. The lowest BCUT2D eigenvalue weighted by atomic mass is 10.3. The maximum absolute atomic E-state index is 11.6. The smallest absolute Gasteiger partial charge is 0.344 e. The van der Waals surface area contributed by atoms with Crippen LogP contribution in [0.1, 0.15) is 13.8 Å². The van der Waals surface area contributed by atoms with Crippen LogP contribution < -0.4 is 20.1 Å². The van der Waals surface area contributed by atoms with Crippen molar-refractivity contribution in [3.05, 3.63) is 24.3 Å². The highest BCUT2D eigenvalue weighted by molar-refractivity contribution is 5.88. The quantitative estimate of drug-likeness (QED) is 0.626. The Kier molecular flexibility index (Phi) is 8.10. The molecule has 0 fully saturated rings. The topological polar surface area (TPSA) is 103 Å². The van der Waals surface area contributed by atoms with Crippen molar-refractivity contribution < 1.29 is 28.6 Å². The first-order chi connectivity index (χ1) is 11.5. The van der Waals surface area contributed by atoms with Gasteiger partial charge in [-0.3, -0.25) is 9.59 Å². The van der Waals surface area contributed by atoms with Gasteiger partial charge in [-0.25, -0.2) is 4.79 Å². The first kappa shape index (κ1) is 19.3. The highest BCUT2D eigenvalue weighted by Gasteiger charge is 2.16. The van der Waals surface area contributed by atoms with E-state index in [1.807, 2.05) is 0 Å². The van der Waals surface area contributed by atoms with Crippen molar-refractivity contribution in [1.82, 2.24) is 10.6 Å². The van der Waals surface area contributed by atoms with Gasteiger partial charge in [-0.05, 0) is 38.1 Å². The van der Waals surface area contributed by atoms with Gasteiger partial charge in [0.1, 0.15) is 17.5 Å². The molecule has 0 saturated heterocycles. The molecule has 1 aromatic carbocycles. The molecular formula is C16H22N2O6. The van der Waals surface area contributed by atoms with Gasteiger partial charge in [0.2, 0.25) is 5.91 Å². The fourth-order valence-electron chi connectivity index (χ4n) is 1.68. The van der Waals surface area contributed by atoms with Gasteiger partial charge in [0, 0.05) is 6.54 Å². The summed E-state index contributed by atoms with van der Waals surface area (Å²) in [6.07, 6.45) is 0. The van der Waals surface area contributed by atoms with Crippen LogP contribution in [0.3, 0.4) is 0 Å². The van der Waals surface area contributed by atoms with Gasteiger partial charge < -0.3 is 24.8 Å². The van der Waals surface area contributed by atoms with Crippen LogP contribution in [0.5, 0.6) is 11.5 Å². The summed E-state index contributed by atoms with van der Waals surface area (Å²) in [6, 6.07) is 5.97. The Labute approximate surface area is 140 Å². The molecular weight excluding hydrogens is 316 g/mol. The third-order valence-corrected chi connectivity index (χ3v) is 2.90. The first-order valence-corrected chi connectivity index (χ1v) is 7.45. The fraction of sp³-hybridized carbons (Fsp3) is 0.438. The molecule has 2 N–H and O–H groups in total. The minimum absolute atomic E-state index is 0.306. The fourth-order valence-corrected chi connectivity index (χ4v) is 1.68. The molecule has 0 heterocycles. The third kappa shape index (κ3) is 6.99. The number of esters is 1. The van der Waals surface area contributed by atoms with Crippen LogP contribution in [0.15, 0.2) is 24.3 Å². The number of carbonyl (C=O) groups excluding carboxylic acids is 3. The largest absolute Gasteiger partial charge is 0.497 e. The van der Waals surface area contributed by atoms with Gasteiger partial charge >= 0.3 is 5.97 Å². The van der Waals surface area contributed by atoms with E-state index in [-0.39, 0.29) is 12.5 Å². The van der Waals surface area contributed by atoms with Crippen molar-refractivity contribution in [3.8, 4) is 11.5 Å². The maximum Gasteiger partial charge on any atom is 0.344 e. The predicted octanol–water partition coefficient (Wildman–Crippen LogP) is 0.258. The zero-order chi connectivity index (χ0) is 17.9. The molecule has 0 saturated carbocycles. The Morgan fingerprint density at radius 3 is 2.29 bits per heavy atom. The van der Waals surface area contributed by atoms with E-state index in [0.717, 1.165) is 0 Å². The molecule has 1 rings (SSSR count). The van der Waals surface area contributed by atoms with Gasteiger partial charge in [-0.15, -0.1) is 0 Å². The molecule has 0 aromatic heterocycles. The van der Waals surface area contributed by atoms with E-state index in [4.69, 9.17) is 14.2 Å². The molecule has 0 radical (unpaired) electrons. The van der Waals surface area contributed by atoms with Crippen LogP contribution in [0.2, 0.25) is 0 Å². The monoisotopic (exact) mass is 338 g/mol. The summed E-state index contributed by atoms with van der Waals surface area (Å²) in [5.74, 6) is -0.414. The number of nitrogens with one attached hydrogen (secondary N) is 2. The number of likely N-dealkylation sites (N-methyl/N-ethyl adjacent to an activating group) is 1. The number of benzene rings is 1. The average Bonchev–Trinajstić information content (AvgIpc) is 2.58. The maximum atomic E-state index is 11.6. The Balaban J connectivity index is 2.27. The van der Waals surface area contributed by atoms with E-state index < -0.39 is 24.5 Å². The average molecular weight is 338 g/mol. The van der Waals surface area contributed by atoms with E-state index in [1.54, 1.807) is 38.3 Å². The van der Waals surface area contributed by atoms with Crippen LogP contribution in [0.4, 0.5) is 0 Å². The standard InChI is InChI=1S/C16H22N2O6/c1-4-17-16(21)11(2)18-14(19)9-24-15(20)10-23-13-7-5-12(22-3)6-8-13/h5-8,11H,4,9-10H2,1-3H3,(H,17,21)(H,18,19)/t11-/m1/s1. The Bertz CT molecular complexity index is 558. The lowest BCUT2D eigenvalue weighted by Gasteiger charge is -2.13. The van der Waals surface area contributed by atoms with Crippen molar-refractivity contribution in [1.29, 1.82) is 0 Å². The van der Waals surface area contributed by atoms with E-state index in [2.05, 4.69) is 10.6 Å². The molecule has 0 bridgehead atoms. The Morgan fingerprint density at radius 2 is 1.71 bits per heavy atom. The van der Waals surface area contributed by atoms with E-state index >= 15 is 0 Å². The zero-order valence-electron chi connectivity index (χ0n) is 14.0. The summed E-state index contributed by atoms with van der Waals surface area (Å²) in [4.78, 5) is 34.6. The molecule has 1 aromatic rings. The minimum atomic E-state index is -0.702. The molecule has 8 nitrogen and oxygen atoms in total. The van der Waals surface area contributed by atoms with Crippen LogP contribution in [0, 0.1) is 0 Å².